The van der Waals surface area contributed by atoms with Crippen molar-refractivity contribution in [3.05, 3.63) is 47.3 Å². The van der Waals surface area contributed by atoms with Gasteiger partial charge in [-0.3, -0.25) is 4.90 Å². The second-order valence-corrected chi connectivity index (χ2v) is 16.1. The summed E-state index contributed by atoms with van der Waals surface area (Å²) >= 11 is 1.14. The molecule has 2 aliphatic heterocycles. The first-order valence-electron chi connectivity index (χ1n) is 12.8. The summed E-state index contributed by atoms with van der Waals surface area (Å²) in [5.41, 5.74) is -2.68. The predicted molar refractivity (Wildman–Crippen MR) is 143 cm³/mol. The molecule has 3 aliphatic rings. The molecule has 0 radical (unpaired) electrons. The van der Waals surface area contributed by atoms with Crippen LogP contribution in [0.5, 0.6) is 0 Å². The van der Waals surface area contributed by atoms with Gasteiger partial charge in [-0.15, -0.1) is 11.3 Å². The quantitative estimate of drug-likeness (QED) is 0.517. The monoisotopic (exact) mass is 607 g/mol. The average molecular weight is 608 g/mol. The molecule has 2 aromatic rings. The maximum atomic E-state index is 13.4. The van der Waals surface area contributed by atoms with Gasteiger partial charge in [0.2, 0.25) is 0 Å². The number of hydrogen-bond acceptors (Lipinski definition) is 8. The Bertz CT molecular complexity index is 1380. The van der Waals surface area contributed by atoms with Gasteiger partial charge < -0.3 is 10.0 Å². The van der Waals surface area contributed by atoms with Gasteiger partial charge >= 0.3 is 6.18 Å². The third-order valence-corrected chi connectivity index (χ3v) is 12.9. The molecule has 8 nitrogen and oxygen atoms in total. The molecule has 5 rings (SSSR count). The third kappa shape index (κ3) is 5.87. The molecule has 1 N–H and O–H groups in total. The van der Waals surface area contributed by atoms with Crippen LogP contribution < -0.4 is 4.90 Å². The highest BCUT2D eigenvalue weighted by Crippen LogP contribution is 2.40. The van der Waals surface area contributed by atoms with Gasteiger partial charge in [0, 0.05) is 44.5 Å². The molecule has 3 atom stereocenters. The second kappa shape index (κ2) is 10.3. The Morgan fingerprint density at radius 3 is 2.36 bits per heavy atom. The van der Waals surface area contributed by atoms with Crippen LogP contribution in [0.25, 0.3) is 0 Å². The van der Waals surface area contributed by atoms with Crippen molar-refractivity contribution in [1.82, 2.24) is 9.21 Å². The standard InChI is InChI=1S/C25H32F3N3O5S3/c1-24(32,25(26,27)28)19-6-8-20(9-7-19)31-11-10-30(39(35,36)23-3-2-13-37-23)16-21(31)15-29-12-14-38(33,34)17-22(29)18-4-5-18/h2-3,6-9,13,18,21-22,32H,4-5,10-12,14-17H2,1H3/t21-,22+,24+/m0/s1. The summed E-state index contributed by atoms with van der Waals surface area (Å²) in [6, 6.07) is 8.28. The lowest BCUT2D eigenvalue weighted by atomic mass is 9.95. The molecule has 1 aromatic carbocycles. The minimum absolute atomic E-state index is 0.0430. The van der Waals surface area contributed by atoms with Crippen LogP contribution >= 0.6 is 11.3 Å². The Hall–Kier alpha value is -1.71. The molecule has 14 heteroatoms. The molecular weight excluding hydrogens is 575 g/mol. The molecule has 39 heavy (non-hydrogen) atoms. The van der Waals surface area contributed by atoms with E-state index in [1.165, 1.54) is 28.6 Å². The normalized spacial score (nSPS) is 26.8. The van der Waals surface area contributed by atoms with Crippen molar-refractivity contribution < 1.29 is 35.1 Å². The number of nitrogens with zero attached hydrogens (tertiary/aromatic N) is 3. The van der Waals surface area contributed by atoms with Crippen LogP contribution in [0.3, 0.4) is 0 Å². The minimum Gasteiger partial charge on any atom is -0.376 e. The first kappa shape index (κ1) is 28.8. The van der Waals surface area contributed by atoms with E-state index in [0.29, 0.717) is 38.2 Å². The molecule has 0 spiro atoms. The number of alkyl halides is 3. The smallest absolute Gasteiger partial charge is 0.376 e. The van der Waals surface area contributed by atoms with E-state index in [4.69, 9.17) is 0 Å². The number of sulfone groups is 1. The predicted octanol–water partition coefficient (Wildman–Crippen LogP) is 2.91. The van der Waals surface area contributed by atoms with Crippen LogP contribution in [0.4, 0.5) is 18.9 Å². The number of sulfonamides is 1. The van der Waals surface area contributed by atoms with Crippen LogP contribution in [-0.2, 0) is 25.5 Å². The number of benzene rings is 1. The van der Waals surface area contributed by atoms with E-state index in [9.17, 15) is 35.1 Å². The molecule has 1 aromatic heterocycles. The van der Waals surface area contributed by atoms with Gasteiger partial charge in [-0.2, -0.15) is 17.5 Å². The molecule has 1 saturated carbocycles. The molecule has 1 aliphatic carbocycles. The van der Waals surface area contributed by atoms with Crippen molar-refractivity contribution in [2.45, 2.75) is 47.8 Å². The molecule has 3 heterocycles. The van der Waals surface area contributed by atoms with Crippen molar-refractivity contribution in [2.24, 2.45) is 5.92 Å². The van der Waals surface area contributed by atoms with Gasteiger partial charge in [-0.25, -0.2) is 16.8 Å². The Balaban J connectivity index is 1.43. The fourth-order valence-corrected chi connectivity index (χ4v) is 9.80. The lowest BCUT2D eigenvalue weighted by Crippen LogP contribution is -2.61. The highest BCUT2D eigenvalue weighted by molar-refractivity contribution is 7.91. The van der Waals surface area contributed by atoms with Crippen LogP contribution in [0, 0.1) is 5.92 Å². The Kier molecular flexibility index (Phi) is 7.60. The van der Waals surface area contributed by atoms with Gasteiger partial charge in [-0.1, -0.05) is 18.2 Å². The SMILES string of the molecule is C[C@@](O)(c1ccc(N2CCN(S(=O)(=O)c3cccs3)C[C@@H]2CN2CCS(=O)(=O)C[C@@H]2C2CC2)cc1)C(F)(F)F. The van der Waals surface area contributed by atoms with E-state index < -0.39 is 31.6 Å². The number of piperazine rings is 1. The lowest BCUT2D eigenvalue weighted by molar-refractivity contribution is -0.258. The van der Waals surface area contributed by atoms with Gasteiger partial charge in [0.15, 0.2) is 15.4 Å². The third-order valence-electron chi connectivity index (χ3n) is 8.04. The minimum atomic E-state index is -4.84. The summed E-state index contributed by atoms with van der Waals surface area (Å²) < 4.78 is 93.2. The topological polar surface area (TPSA) is 98.2 Å². The first-order chi connectivity index (χ1) is 18.2. The second-order valence-electron chi connectivity index (χ2n) is 10.8. The van der Waals surface area contributed by atoms with Gasteiger partial charge in [-0.05, 0) is 54.8 Å². The van der Waals surface area contributed by atoms with E-state index in [2.05, 4.69) is 4.90 Å². The first-order valence-corrected chi connectivity index (χ1v) is 17.0. The Morgan fingerprint density at radius 2 is 1.77 bits per heavy atom. The van der Waals surface area contributed by atoms with Crippen molar-refractivity contribution in [2.75, 3.05) is 49.1 Å². The van der Waals surface area contributed by atoms with Crippen LogP contribution in [0.2, 0.25) is 0 Å². The molecule has 2 saturated heterocycles. The summed E-state index contributed by atoms with van der Waals surface area (Å²) in [6.07, 6.45) is -2.92. The number of anilines is 1. The van der Waals surface area contributed by atoms with Gasteiger partial charge in [0.05, 0.1) is 17.5 Å². The van der Waals surface area contributed by atoms with E-state index in [1.807, 2.05) is 4.90 Å². The lowest BCUT2D eigenvalue weighted by Gasteiger charge is -2.46. The number of hydrogen-bond donors (Lipinski definition) is 1. The summed E-state index contributed by atoms with van der Waals surface area (Å²) in [5, 5.41) is 11.8. The number of thiophene rings is 1. The zero-order valence-electron chi connectivity index (χ0n) is 21.4. The van der Waals surface area contributed by atoms with E-state index >= 15 is 0 Å². The summed E-state index contributed by atoms with van der Waals surface area (Å²) in [5.74, 6) is 0.427. The fourth-order valence-electron chi connectivity index (χ4n) is 5.50. The van der Waals surface area contributed by atoms with Crippen molar-refractivity contribution in [3.63, 3.8) is 0 Å². The molecular formula is C25H32F3N3O5S3. The molecule has 0 unspecified atom stereocenters. The Labute approximate surface area is 231 Å². The van der Waals surface area contributed by atoms with Gasteiger partial charge in [0.25, 0.3) is 10.0 Å². The number of halogens is 3. The zero-order valence-corrected chi connectivity index (χ0v) is 23.9. The number of rotatable bonds is 7. The summed E-state index contributed by atoms with van der Waals surface area (Å²) in [7, 11) is -6.87. The molecule has 3 fully saturated rings. The molecule has 0 bridgehead atoms. The zero-order chi connectivity index (χ0) is 28.2. The molecule has 0 amide bonds. The fraction of sp³-hybridized carbons (Fsp3) is 0.600. The van der Waals surface area contributed by atoms with E-state index in [0.717, 1.165) is 24.2 Å². The van der Waals surface area contributed by atoms with Crippen LogP contribution in [-0.4, -0.2) is 93.6 Å². The summed E-state index contributed by atoms with van der Waals surface area (Å²) in [4.78, 5) is 4.14. The maximum Gasteiger partial charge on any atom is 0.421 e. The van der Waals surface area contributed by atoms with E-state index in [1.54, 1.807) is 17.5 Å². The van der Waals surface area contributed by atoms with Crippen LogP contribution in [0.15, 0.2) is 46.0 Å². The van der Waals surface area contributed by atoms with Crippen molar-refractivity contribution >= 4 is 36.9 Å². The van der Waals surface area contributed by atoms with Crippen molar-refractivity contribution in [3.8, 4) is 0 Å². The van der Waals surface area contributed by atoms with Crippen molar-refractivity contribution in [1.29, 1.82) is 0 Å². The van der Waals surface area contributed by atoms with E-state index in [-0.39, 0.29) is 46.5 Å². The Morgan fingerprint density at radius 1 is 1.08 bits per heavy atom. The van der Waals surface area contributed by atoms with Gasteiger partial charge in [0.1, 0.15) is 4.21 Å². The maximum absolute atomic E-state index is 13.4. The number of aliphatic hydroxyl groups is 1. The highest BCUT2D eigenvalue weighted by Gasteiger charge is 2.51. The highest BCUT2D eigenvalue weighted by atomic mass is 32.2. The largest absolute Gasteiger partial charge is 0.421 e. The summed E-state index contributed by atoms with van der Waals surface area (Å²) in [6.45, 7) is 2.15. The average Bonchev–Trinajstić information content (AvgIpc) is 3.56. The van der Waals surface area contributed by atoms with Crippen LogP contribution in [0.1, 0.15) is 25.3 Å². The molecule has 216 valence electrons.